The Bertz CT molecular complexity index is 486. The zero-order valence-corrected chi connectivity index (χ0v) is 9.76. The predicted molar refractivity (Wildman–Crippen MR) is 67.1 cm³/mol. The van der Waals surface area contributed by atoms with Gasteiger partial charge in [-0.15, -0.1) is 0 Å². The van der Waals surface area contributed by atoms with Crippen LogP contribution in [0.25, 0.3) is 5.65 Å². The summed E-state index contributed by atoms with van der Waals surface area (Å²) in [6.45, 7) is 3.29. The molecule has 3 heterocycles. The Labute approximate surface area is 100 Å². The quantitative estimate of drug-likeness (QED) is 0.831. The monoisotopic (exact) mass is 231 g/mol. The van der Waals surface area contributed by atoms with Gasteiger partial charge in [0.15, 0.2) is 5.65 Å². The first-order valence-electron chi connectivity index (χ1n) is 6.17. The Morgan fingerprint density at radius 3 is 3.12 bits per heavy atom. The highest BCUT2D eigenvalue weighted by atomic mass is 15.2. The molecule has 2 aromatic rings. The number of hydrogen-bond donors (Lipinski definition) is 2. The molecule has 90 valence electrons. The Balaban J connectivity index is 1.63. The van der Waals surface area contributed by atoms with Crippen LogP contribution in [0.2, 0.25) is 0 Å². The van der Waals surface area contributed by atoms with Crippen LogP contribution >= 0.6 is 0 Å². The van der Waals surface area contributed by atoms with Crippen molar-refractivity contribution in [2.75, 3.05) is 25.0 Å². The van der Waals surface area contributed by atoms with Gasteiger partial charge in [-0.2, -0.15) is 5.10 Å². The zero-order chi connectivity index (χ0) is 11.5. The maximum Gasteiger partial charge on any atom is 0.157 e. The number of piperidine rings is 1. The van der Waals surface area contributed by atoms with Gasteiger partial charge in [0.05, 0.1) is 6.20 Å². The summed E-state index contributed by atoms with van der Waals surface area (Å²) in [4.78, 5) is 4.49. The highest BCUT2D eigenvalue weighted by Crippen LogP contribution is 2.13. The Kier molecular flexibility index (Phi) is 2.92. The maximum atomic E-state index is 4.49. The molecule has 0 aromatic carbocycles. The second kappa shape index (κ2) is 4.71. The van der Waals surface area contributed by atoms with Crippen LogP contribution < -0.4 is 10.6 Å². The van der Waals surface area contributed by atoms with Crippen LogP contribution in [0.4, 0.5) is 5.82 Å². The van der Waals surface area contributed by atoms with Crippen LogP contribution in [-0.2, 0) is 0 Å². The van der Waals surface area contributed by atoms with Gasteiger partial charge < -0.3 is 10.6 Å². The molecular formula is C12H17N5. The molecule has 0 radical (unpaired) electrons. The first-order chi connectivity index (χ1) is 8.42. The molecule has 0 spiro atoms. The predicted octanol–water partition coefficient (Wildman–Crippen LogP) is 1.14. The minimum atomic E-state index is 0.763. The third-order valence-electron chi connectivity index (χ3n) is 3.29. The average molecular weight is 231 g/mol. The van der Waals surface area contributed by atoms with Gasteiger partial charge in [-0.3, -0.25) is 0 Å². The van der Waals surface area contributed by atoms with E-state index in [0.717, 1.165) is 37.0 Å². The van der Waals surface area contributed by atoms with Crippen LogP contribution in [0.3, 0.4) is 0 Å². The second-order valence-electron chi connectivity index (χ2n) is 4.52. The van der Waals surface area contributed by atoms with Crippen molar-refractivity contribution in [3.8, 4) is 0 Å². The van der Waals surface area contributed by atoms with E-state index in [1.54, 1.807) is 10.7 Å². The summed E-state index contributed by atoms with van der Waals surface area (Å²) in [5.41, 5.74) is 0.889. The van der Waals surface area contributed by atoms with Crippen LogP contribution in [0.1, 0.15) is 12.8 Å². The van der Waals surface area contributed by atoms with E-state index in [1.807, 2.05) is 18.3 Å². The number of rotatable bonds is 3. The van der Waals surface area contributed by atoms with Crippen molar-refractivity contribution < 1.29 is 0 Å². The van der Waals surface area contributed by atoms with Crippen molar-refractivity contribution in [3.05, 3.63) is 24.5 Å². The van der Waals surface area contributed by atoms with Crippen LogP contribution in [0.5, 0.6) is 0 Å². The van der Waals surface area contributed by atoms with E-state index < -0.39 is 0 Å². The Morgan fingerprint density at radius 2 is 2.24 bits per heavy atom. The minimum Gasteiger partial charge on any atom is -0.370 e. The van der Waals surface area contributed by atoms with Crippen LogP contribution in [0.15, 0.2) is 24.5 Å². The van der Waals surface area contributed by atoms with Gasteiger partial charge in [0.1, 0.15) is 5.82 Å². The summed E-state index contributed by atoms with van der Waals surface area (Å²) in [5.74, 6) is 1.70. The van der Waals surface area contributed by atoms with Crippen molar-refractivity contribution in [3.63, 3.8) is 0 Å². The molecule has 2 aromatic heterocycles. The Hall–Kier alpha value is -1.62. The molecule has 0 aliphatic carbocycles. The first-order valence-corrected chi connectivity index (χ1v) is 6.17. The molecule has 0 unspecified atom stereocenters. The summed E-state index contributed by atoms with van der Waals surface area (Å²) < 4.78 is 1.77. The van der Waals surface area contributed by atoms with Gasteiger partial charge in [-0.1, -0.05) is 0 Å². The number of aromatic nitrogens is 3. The fourth-order valence-corrected chi connectivity index (χ4v) is 2.25. The molecule has 5 nitrogen and oxygen atoms in total. The largest absolute Gasteiger partial charge is 0.370 e. The summed E-state index contributed by atoms with van der Waals surface area (Å²) in [6, 6.07) is 3.89. The molecule has 1 saturated heterocycles. The zero-order valence-electron chi connectivity index (χ0n) is 9.76. The average Bonchev–Trinajstić information content (AvgIpc) is 2.85. The van der Waals surface area contributed by atoms with E-state index in [2.05, 4.69) is 20.7 Å². The number of fused-ring (bicyclic) bond motifs is 1. The fraction of sp³-hybridized carbons (Fsp3) is 0.500. The standard InChI is InChI=1S/C12H17N5/c1-5-13-6-2-10(1)9-14-11-4-8-17-12(16-11)3-7-15-17/h3-4,7-8,10,13H,1-2,5-6,9H2,(H,14,16). The molecule has 1 aliphatic rings. The fourth-order valence-electron chi connectivity index (χ4n) is 2.25. The van der Waals surface area contributed by atoms with E-state index in [4.69, 9.17) is 0 Å². The first kappa shape index (κ1) is 10.5. The number of nitrogens with zero attached hydrogens (tertiary/aromatic N) is 3. The molecule has 1 fully saturated rings. The van der Waals surface area contributed by atoms with Crippen molar-refractivity contribution in [1.82, 2.24) is 19.9 Å². The molecule has 0 saturated carbocycles. The van der Waals surface area contributed by atoms with Gasteiger partial charge in [0, 0.05) is 18.8 Å². The van der Waals surface area contributed by atoms with E-state index in [0.29, 0.717) is 0 Å². The summed E-state index contributed by atoms with van der Waals surface area (Å²) in [6.07, 6.45) is 6.20. The topological polar surface area (TPSA) is 54.2 Å². The number of nitrogens with one attached hydrogen (secondary N) is 2. The third-order valence-corrected chi connectivity index (χ3v) is 3.29. The smallest absolute Gasteiger partial charge is 0.157 e. The lowest BCUT2D eigenvalue weighted by Crippen LogP contribution is -2.31. The molecule has 2 N–H and O–H groups in total. The van der Waals surface area contributed by atoms with Gasteiger partial charge in [-0.25, -0.2) is 9.50 Å². The Morgan fingerprint density at radius 1 is 1.35 bits per heavy atom. The number of anilines is 1. The molecule has 0 bridgehead atoms. The van der Waals surface area contributed by atoms with Crippen LogP contribution in [0, 0.1) is 5.92 Å². The maximum absolute atomic E-state index is 4.49. The molecule has 17 heavy (non-hydrogen) atoms. The van der Waals surface area contributed by atoms with Gasteiger partial charge in [0.2, 0.25) is 0 Å². The SMILES string of the molecule is c1cc2nc(NCC3CCNCC3)ccn2n1. The minimum absolute atomic E-state index is 0.763. The van der Waals surface area contributed by atoms with E-state index in [1.165, 1.54) is 12.8 Å². The second-order valence-corrected chi connectivity index (χ2v) is 4.52. The lowest BCUT2D eigenvalue weighted by molar-refractivity contribution is 0.389. The molecule has 1 aliphatic heterocycles. The van der Waals surface area contributed by atoms with Crippen molar-refractivity contribution >= 4 is 11.5 Å². The van der Waals surface area contributed by atoms with E-state index >= 15 is 0 Å². The van der Waals surface area contributed by atoms with Gasteiger partial charge in [0.25, 0.3) is 0 Å². The third kappa shape index (κ3) is 2.39. The molecular weight excluding hydrogens is 214 g/mol. The summed E-state index contributed by atoms with van der Waals surface area (Å²) >= 11 is 0. The number of hydrogen-bond acceptors (Lipinski definition) is 4. The van der Waals surface area contributed by atoms with Crippen LogP contribution in [-0.4, -0.2) is 34.2 Å². The van der Waals surface area contributed by atoms with Crippen molar-refractivity contribution in [1.29, 1.82) is 0 Å². The lowest BCUT2D eigenvalue weighted by atomic mass is 9.98. The molecule has 3 rings (SSSR count). The molecule has 0 atom stereocenters. The van der Waals surface area contributed by atoms with Gasteiger partial charge >= 0.3 is 0 Å². The highest BCUT2D eigenvalue weighted by Gasteiger charge is 2.12. The summed E-state index contributed by atoms with van der Waals surface area (Å²) in [5, 5.41) is 10.9. The van der Waals surface area contributed by atoms with Crippen molar-refractivity contribution in [2.24, 2.45) is 5.92 Å². The van der Waals surface area contributed by atoms with E-state index in [-0.39, 0.29) is 0 Å². The highest BCUT2D eigenvalue weighted by molar-refractivity contribution is 5.45. The molecule has 5 heteroatoms. The lowest BCUT2D eigenvalue weighted by Gasteiger charge is -2.22. The summed E-state index contributed by atoms with van der Waals surface area (Å²) in [7, 11) is 0. The van der Waals surface area contributed by atoms with E-state index in [9.17, 15) is 0 Å². The molecule has 0 amide bonds. The normalized spacial score (nSPS) is 17.4. The van der Waals surface area contributed by atoms with Gasteiger partial charge in [-0.05, 0) is 37.9 Å². The van der Waals surface area contributed by atoms with Crippen molar-refractivity contribution in [2.45, 2.75) is 12.8 Å².